The van der Waals surface area contributed by atoms with Crippen LogP contribution in [0.15, 0.2) is 0 Å². The predicted molar refractivity (Wildman–Crippen MR) is 46.2 cm³/mol. The van der Waals surface area contributed by atoms with Crippen LogP contribution >= 0.6 is 0 Å². The van der Waals surface area contributed by atoms with Crippen molar-refractivity contribution in [2.75, 3.05) is 6.61 Å². The Morgan fingerprint density at radius 3 is 2.69 bits per heavy atom. The van der Waals surface area contributed by atoms with Gasteiger partial charge >= 0.3 is 0 Å². The molecule has 0 bridgehead atoms. The van der Waals surface area contributed by atoms with E-state index >= 15 is 0 Å². The Labute approximate surface area is 77.8 Å². The van der Waals surface area contributed by atoms with Gasteiger partial charge in [0.15, 0.2) is 5.79 Å². The van der Waals surface area contributed by atoms with Gasteiger partial charge in [-0.15, -0.1) is 0 Å². The first kappa shape index (κ1) is 10.6. The van der Waals surface area contributed by atoms with Gasteiger partial charge in [-0.25, -0.2) is 0 Å². The van der Waals surface area contributed by atoms with E-state index < -0.39 is 11.9 Å². The van der Waals surface area contributed by atoms with Crippen LogP contribution in [0.25, 0.3) is 0 Å². The minimum atomic E-state index is -0.751. The Bertz CT molecular complexity index is 200. The molecule has 0 aromatic heterocycles. The maximum Gasteiger partial charge on any atom is 0.163 e. The van der Waals surface area contributed by atoms with E-state index in [0.29, 0.717) is 6.61 Å². The number of aliphatic hydroxyl groups excluding tert-OH is 1. The Kier molecular flexibility index (Phi) is 3.05. The zero-order chi connectivity index (χ0) is 10.1. The van der Waals surface area contributed by atoms with Crippen molar-refractivity contribution in [3.8, 4) is 0 Å². The molecule has 76 valence electrons. The lowest BCUT2D eigenvalue weighted by atomic mass is 10.1. The minimum absolute atomic E-state index is 0.0409. The average Bonchev–Trinajstić information content (AvgIpc) is 2.28. The molecule has 4 nitrogen and oxygen atoms in total. The second kappa shape index (κ2) is 3.74. The first-order valence-corrected chi connectivity index (χ1v) is 4.40. The largest absolute Gasteiger partial charge is 0.390 e. The first-order chi connectivity index (χ1) is 5.91. The van der Waals surface area contributed by atoms with Crippen molar-refractivity contribution < 1.29 is 19.4 Å². The van der Waals surface area contributed by atoms with Crippen molar-refractivity contribution in [3.05, 3.63) is 0 Å². The Morgan fingerprint density at radius 1 is 1.69 bits per heavy atom. The van der Waals surface area contributed by atoms with Crippen LogP contribution in [0.2, 0.25) is 0 Å². The molecule has 1 saturated heterocycles. The summed E-state index contributed by atoms with van der Waals surface area (Å²) in [6.45, 7) is 5.37. The molecular weight excluding hydrogens is 172 g/mol. The molecule has 1 aliphatic rings. The Balaban J connectivity index is 2.42. The fourth-order valence-corrected chi connectivity index (χ4v) is 1.33. The smallest absolute Gasteiger partial charge is 0.163 e. The summed E-state index contributed by atoms with van der Waals surface area (Å²) in [7, 11) is 0. The van der Waals surface area contributed by atoms with Crippen molar-refractivity contribution in [2.45, 2.75) is 45.2 Å². The minimum Gasteiger partial charge on any atom is -0.390 e. The van der Waals surface area contributed by atoms with Gasteiger partial charge in [-0.2, -0.15) is 0 Å². The van der Waals surface area contributed by atoms with Crippen molar-refractivity contribution in [1.82, 2.24) is 0 Å². The number of Topliss-reactive ketones (excluding diaryl/α,β-unsaturated/α-hetero) is 1. The van der Waals surface area contributed by atoms with Crippen LogP contribution in [0.5, 0.6) is 0 Å². The molecule has 4 heteroatoms. The fraction of sp³-hybridized carbons (Fsp3) is 0.889. The van der Waals surface area contributed by atoms with Gasteiger partial charge in [0.05, 0.1) is 12.7 Å². The van der Waals surface area contributed by atoms with Crippen molar-refractivity contribution in [1.29, 1.82) is 0 Å². The summed E-state index contributed by atoms with van der Waals surface area (Å²) in [5.41, 5.74) is 0. The molecule has 1 rings (SSSR count). The molecule has 0 aliphatic carbocycles. The lowest BCUT2D eigenvalue weighted by Gasteiger charge is -2.19. The van der Waals surface area contributed by atoms with Crippen molar-refractivity contribution >= 4 is 5.78 Å². The SMILES string of the molecule is CC(=O)C[C@@H](O)[C@H]1COC(C)(C)O1. The molecule has 13 heavy (non-hydrogen) atoms. The number of hydrogen-bond donors (Lipinski definition) is 1. The molecule has 1 aliphatic heterocycles. The van der Waals surface area contributed by atoms with Gasteiger partial charge in [0.1, 0.15) is 11.9 Å². The monoisotopic (exact) mass is 188 g/mol. The molecule has 0 unspecified atom stereocenters. The van der Waals surface area contributed by atoms with Gasteiger partial charge in [-0.05, 0) is 20.8 Å². The molecular formula is C9H16O4. The number of aliphatic hydroxyl groups is 1. The predicted octanol–water partition coefficient (Wildman–Crippen LogP) is 0.478. The molecule has 0 spiro atoms. The van der Waals surface area contributed by atoms with Gasteiger partial charge < -0.3 is 14.6 Å². The summed E-state index contributed by atoms with van der Waals surface area (Å²) in [4.78, 5) is 10.7. The van der Waals surface area contributed by atoms with Gasteiger partial charge in [-0.3, -0.25) is 4.79 Å². The number of carbonyl (C=O) groups excluding carboxylic acids is 1. The quantitative estimate of drug-likeness (QED) is 0.699. The van der Waals surface area contributed by atoms with E-state index in [1.165, 1.54) is 6.92 Å². The first-order valence-electron chi connectivity index (χ1n) is 4.40. The summed E-state index contributed by atoms with van der Waals surface area (Å²) in [6.07, 6.45) is -0.998. The van der Waals surface area contributed by atoms with Crippen LogP contribution in [0.4, 0.5) is 0 Å². The average molecular weight is 188 g/mol. The summed E-state index contributed by atoms with van der Waals surface area (Å²) in [6, 6.07) is 0. The third-order valence-electron chi connectivity index (χ3n) is 1.96. The summed E-state index contributed by atoms with van der Waals surface area (Å²) >= 11 is 0. The van der Waals surface area contributed by atoms with Crippen LogP contribution in [0.1, 0.15) is 27.2 Å². The van der Waals surface area contributed by atoms with Crippen molar-refractivity contribution in [3.63, 3.8) is 0 Å². The molecule has 0 saturated carbocycles. The molecule has 0 amide bonds. The topological polar surface area (TPSA) is 55.8 Å². The highest BCUT2D eigenvalue weighted by Gasteiger charge is 2.36. The molecule has 0 radical (unpaired) electrons. The highest BCUT2D eigenvalue weighted by atomic mass is 16.7. The Morgan fingerprint density at radius 2 is 2.31 bits per heavy atom. The maximum atomic E-state index is 10.7. The second-order valence-electron chi connectivity index (χ2n) is 3.84. The zero-order valence-corrected chi connectivity index (χ0v) is 8.24. The summed E-state index contributed by atoms with van der Waals surface area (Å²) in [5.74, 6) is -0.677. The van der Waals surface area contributed by atoms with Crippen LogP contribution in [0, 0.1) is 0 Å². The van der Waals surface area contributed by atoms with E-state index in [9.17, 15) is 9.90 Å². The summed E-state index contributed by atoms with van der Waals surface area (Å²) < 4.78 is 10.6. The summed E-state index contributed by atoms with van der Waals surface area (Å²) in [5, 5.41) is 9.53. The molecule has 2 atom stereocenters. The van der Waals surface area contributed by atoms with E-state index in [-0.39, 0.29) is 18.3 Å². The highest BCUT2D eigenvalue weighted by molar-refractivity contribution is 5.76. The number of hydrogen-bond acceptors (Lipinski definition) is 4. The number of ketones is 1. The zero-order valence-electron chi connectivity index (χ0n) is 8.24. The lowest BCUT2D eigenvalue weighted by molar-refractivity contribution is -0.153. The highest BCUT2D eigenvalue weighted by Crippen LogP contribution is 2.24. The molecule has 1 N–H and O–H groups in total. The van der Waals surface area contributed by atoms with Gasteiger partial charge in [-0.1, -0.05) is 0 Å². The number of rotatable bonds is 3. The molecule has 0 aromatic rings. The maximum absolute atomic E-state index is 10.7. The molecule has 1 heterocycles. The fourth-order valence-electron chi connectivity index (χ4n) is 1.33. The van der Waals surface area contributed by atoms with Crippen LogP contribution < -0.4 is 0 Å². The van der Waals surface area contributed by atoms with Gasteiger partial charge in [0.2, 0.25) is 0 Å². The van der Waals surface area contributed by atoms with E-state index in [0.717, 1.165) is 0 Å². The van der Waals surface area contributed by atoms with E-state index in [1.54, 1.807) is 13.8 Å². The third-order valence-corrected chi connectivity index (χ3v) is 1.96. The van der Waals surface area contributed by atoms with E-state index in [1.807, 2.05) is 0 Å². The molecule has 1 fully saturated rings. The standard InChI is InChI=1S/C9H16O4/c1-6(10)4-7(11)8-5-12-9(2,3)13-8/h7-8,11H,4-5H2,1-3H3/t7-,8-/m1/s1. The normalized spacial score (nSPS) is 28.8. The third kappa shape index (κ3) is 3.06. The van der Waals surface area contributed by atoms with Gasteiger partial charge in [0.25, 0.3) is 0 Å². The van der Waals surface area contributed by atoms with Crippen LogP contribution in [-0.4, -0.2) is 35.5 Å². The van der Waals surface area contributed by atoms with Crippen molar-refractivity contribution in [2.24, 2.45) is 0 Å². The Hall–Kier alpha value is -0.450. The van der Waals surface area contributed by atoms with Crippen LogP contribution in [0.3, 0.4) is 0 Å². The van der Waals surface area contributed by atoms with E-state index in [2.05, 4.69) is 0 Å². The van der Waals surface area contributed by atoms with E-state index in [4.69, 9.17) is 9.47 Å². The van der Waals surface area contributed by atoms with Gasteiger partial charge in [0, 0.05) is 6.42 Å². The number of ether oxygens (including phenoxy) is 2. The second-order valence-corrected chi connectivity index (χ2v) is 3.84. The lowest BCUT2D eigenvalue weighted by Crippen LogP contribution is -2.31. The van der Waals surface area contributed by atoms with Crippen LogP contribution in [-0.2, 0) is 14.3 Å². The number of carbonyl (C=O) groups is 1. The molecule has 0 aromatic carbocycles.